The number of hydrogen-bond donors (Lipinski definition) is 1. The first-order valence-corrected chi connectivity index (χ1v) is 8.77. The first-order chi connectivity index (χ1) is 6.92. The van der Waals surface area contributed by atoms with Crippen LogP contribution in [0.4, 0.5) is 0 Å². The van der Waals surface area contributed by atoms with Gasteiger partial charge in [-0.05, 0) is 32.1 Å². The molecule has 1 aromatic rings. The minimum Gasteiger partial charge on any atom is -0.409 e. The molecule has 0 spiro atoms. The summed E-state index contributed by atoms with van der Waals surface area (Å²) in [7, 11) is -1.52. The molecule has 2 N–H and O–H groups in total. The van der Waals surface area contributed by atoms with Crippen LogP contribution in [-0.4, -0.2) is 14.9 Å². The van der Waals surface area contributed by atoms with E-state index in [9.17, 15) is 0 Å². The van der Waals surface area contributed by atoms with Crippen LogP contribution in [0.3, 0.4) is 0 Å². The van der Waals surface area contributed by atoms with Gasteiger partial charge in [0.1, 0.15) is 0 Å². The third kappa shape index (κ3) is 4.16. The summed E-state index contributed by atoms with van der Waals surface area (Å²) in [6, 6.07) is 8.38. The van der Waals surface area contributed by atoms with Crippen molar-refractivity contribution in [2.24, 2.45) is 5.73 Å². The molecule has 3 heteroatoms. The van der Waals surface area contributed by atoms with Crippen molar-refractivity contribution >= 4 is 8.32 Å². The normalized spacial score (nSPS) is 13.9. The molecule has 0 aliphatic heterocycles. The topological polar surface area (TPSA) is 35.2 Å². The quantitative estimate of drug-likeness (QED) is 0.797. The van der Waals surface area contributed by atoms with E-state index in [-0.39, 0.29) is 6.10 Å². The predicted octanol–water partition coefficient (Wildman–Crippen LogP) is 2.85. The van der Waals surface area contributed by atoms with Gasteiger partial charge in [-0.3, -0.25) is 0 Å². The Balaban J connectivity index is 2.83. The van der Waals surface area contributed by atoms with E-state index in [2.05, 4.69) is 50.8 Å². The Hall–Kier alpha value is -0.643. The van der Waals surface area contributed by atoms with Gasteiger partial charge in [0.25, 0.3) is 0 Å². The van der Waals surface area contributed by atoms with Crippen molar-refractivity contribution in [3.63, 3.8) is 0 Å². The third-order valence-electron chi connectivity index (χ3n) is 2.12. The second-order valence-corrected chi connectivity index (χ2v) is 9.33. The van der Waals surface area contributed by atoms with Gasteiger partial charge in [-0.15, -0.1) is 0 Å². The summed E-state index contributed by atoms with van der Waals surface area (Å²) in [6.45, 7) is 9.20. The van der Waals surface area contributed by atoms with Crippen LogP contribution < -0.4 is 5.73 Å². The van der Waals surface area contributed by atoms with Gasteiger partial charge < -0.3 is 10.2 Å². The fourth-order valence-electron chi connectivity index (χ4n) is 1.55. The van der Waals surface area contributed by atoms with Gasteiger partial charge in [0.2, 0.25) is 0 Å². The van der Waals surface area contributed by atoms with Crippen LogP contribution in [0.15, 0.2) is 24.3 Å². The molecule has 0 bridgehead atoms. The minimum absolute atomic E-state index is 0.0524. The Morgan fingerprint density at radius 1 is 1.33 bits per heavy atom. The highest BCUT2D eigenvalue weighted by atomic mass is 28.4. The van der Waals surface area contributed by atoms with Crippen LogP contribution in [0.2, 0.25) is 19.6 Å². The monoisotopic (exact) mass is 223 g/mol. The maximum atomic E-state index is 6.04. The molecule has 0 radical (unpaired) electrons. The molecule has 0 amide bonds. The Morgan fingerprint density at radius 2 is 2.00 bits per heavy atom. The molecule has 0 aliphatic rings. The number of rotatable bonds is 4. The molecule has 1 atom stereocenters. The fourth-order valence-corrected chi connectivity index (χ4v) is 2.64. The Kier molecular flexibility index (Phi) is 4.08. The molecule has 0 unspecified atom stereocenters. The number of hydrogen-bond acceptors (Lipinski definition) is 2. The maximum Gasteiger partial charge on any atom is 0.184 e. The Labute approximate surface area is 93.6 Å². The van der Waals surface area contributed by atoms with Crippen LogP contribution in [0.1, 0.15) is 17.2 Å². The summed E-state index contributed by atoms with van der Waals surface area (Å²) in [6.07, 6.45) is 0.0524. The van der Waals surface area contributed by atoms with E-state index in [1.807, 2.05) is 0 Å². The minimum atomic E-state index is -1.52. The zero-order chi connectivity index (χ0) is 11.5. The van der Waals surface area contributed by atoms with Crippen LogP contribution in [0.25, 0.3) is 0 Å². The molecule has 1 rings (SSSR count). The van der Waals surface area contributed by atoms with Crippen LogP contribution >= 0.6 is 0 Å². The smallest absolute Gasteiger partial charge is 0.184 e. The van der Waals surface area contributed by atoms with Crippen LogP contribution in [-0.2, 0) is 4.43 Å². The SMILES string of the molecule is Cc1cccc([C@H](CN)O[Si](C)(C)C)c1. The van der Waals surface area contributed by atoms with E-state index in [4.69, 9.17) is 10.2 Å². The largest absolute Gasteiger partial charge is 0.409 e. The molecule has 0 aromatic heterocycles. The standard InChI is InChI=1S/C12H21NOSi/c1-10-6-5-7-11(8-10)12(9-13)14-15(2,3)4/h5-8,12H,9,13H2,1-4H3/t12-/m0/s1. The molecule has 0 saturated heterocycles. The zero-order valence-electron chi connectivity index (χ0n) is 10.1. The van der Waals surface area contributed by atoms with Crippen molar-refractivity contribution in [1.29, 1.82) is 0 Å². The summed E-state index contributed by atoms with van der Waals surface area (Å²) >= 11 is 0. The van der Waals surface area contributed by atoms with Gasteiger partial charge in [-0.1, -0.05) is 29.8 Å². The number of aryl methyl sites for hydroxylation is 1. The molecule has 15 heavy (non-hydrogen) atoms. The highest BCUT2D eigenvalue weighted by Gasteiger charge is 2.21. The van der Waals surface area contributed by atoms with Crippen molar-refractivity contribution < 1.29 is 4.43 Å². The van der Waals surface area contributed by atoms with E-state index in [1.165, 1.54) is 11.1 Å². The Bertz CT molecular complexity index is 320. The van der Waals surface area contributed by atoms with E-state index in [0.717, 1.165) is 0 Å². The van der Waals surface area contributed by atoms with Crippen molar-refractivity contribution in [3.8, 4) is 0 Å². The van der Waals surface area contributed by atoms with Crippen LogP contribution in [0, 0.1) is 6.92 Å². The lowest BCUT2D eigenvalue weighted by molar-refractivity contribution is 0.206. The maximum absolute atomic E-state index is 6.04. The molecule has 1 aromatic carbocycles. The zero-order valence-corrected chi connectivity index (χ0v) is 11.1. The molecule has 0 fully saturated rings. The van der Waals surface area contributed by atoms with Crippen LogP contribution in [0.5, 0.6) is 0 Å². The lowest BCUT2D eigenvalue weighted by atomic mass is 10.1. The van der Waals surface area contributed by atoms with Gasteiger partial charge in [-0.2, -0.15) is 0 Å². The molecule has 0 heterocycles. The highest BCUT2D eigenvalue weighted by molar-refractivity contribution is 6.69. The highest BCUT2D eigenvalue weighted by Crippen LogP contribution is 2.21. The molecular weight excluding hydrogens is 202 g/mol. The molecular formula is C12H21NOSi. The molecule has 0 aliphatic carbocycles. The van der Waals surface area contributed by atoms with Gasteiger partial charge >= 0.3 is 0 Å². The first-order valence-electron chi connectivity index (χ1n) is 5.37. The first kappa shape index (κ1) is 12.4. The van der Waals surface area contributed by atoms with Gasteiger partial charge in [-0.25, -0.2) is 0 Å². The third-order valence-corrected chi connectivity index (χ3v) is 3.12. The lowest BCUT2D eigenvalue weighted by Crippen LogP contribution is -2.31. The average Bonchev–Trinajstić information content (AvgIpc) is 2.13. The van der Waals surface area contributed by atoms with Gasteiger partial charge in [0.15, 0.2) is 8.32 Å². The van der Waals surface area contributed by atoms with E-state index in [0.29, 0.717) is 6.54 Å². The number of nitrogens with two attached hydrogens (primary N) is 1. The van der Waals surface area contributed by atoms with E-state index in [1.54, 1.807) is 0 Å². The van der Waals surface area contributed by atoms with Crippen molar-refractivity contribution in [1.82, 2.24) is 0 Å². The second-order valence-electron chi connectivity index (χ2n) is 4.87. The molecule has 2 nitrogen and oxygen atoms in total. The fraction of sp³-hybridized carbons (Fsp3) is 0.500. The average molecular weight is 223 g/mol. The van der Waals surface area contributed by atoms with E-state index < -0.39 is 8.32 Å². The molecule has 0 saturated carbocycles. The number of benzene rings is 1. The lowest BCUT2D eigenvalue weighted by Gasteiger charge is -2.25. The summed E-state index contributed by atoms with van der Waals surface area (Å²) in [5, 5.41) is 0. The van der Waals surface area contributed by atoms with Gasteiger partial charge in [0, 0.05) is 6.54 Å². The summed E-state index contributed by atoms with van der Waals surface area (Å²) in [5.41, 5.74) is 8.21. The Morgan fingerprint density at radius 3 is 2.47 bits per heavy atom. The van der Waals surface area contributed by atoms with Gasteiger partial charge in [0.05, 0.1) is 6.10 Å². The second kappa shape index (κ2) is 4.92. The van der Waals surface area contributed by atoms with E-state index >= 15 is 0 Å². The summed E-state index contributed by atoms with van der Waals surface area (Å²) < 4.78 is 6.04. The van der Waals surface area contributed by atoms with Crippen molar-refractivity contribution in [3.05, 3.63) is 35.4 Å². The van der Waals surface area contributed by atoms with Crippen molar-refractivity contribution in [2.75, 3.05) is 6.54 Å². The summed E-state index contributed by atoms with van der Waals surface area (Å²) in [5.74, 6) is 0. The van der Waals surface area contributed by atoms with Crippen molar-refractivity contribution in [2.45, 2.75) is 32.7 Å². The molecule has 84 valence electrons. The predicted molar refractivity (Wildman–Crippen MR) is 67.4 cm³/mol. The summed E-state index contributed by atoms with van der Waals surface area (Å²) in [4.78, 5) is 0.